The molecule has 0 saturated carbocycles. The highest BCUT2D eigenvalue weighted by Crippen LogP contribution is 2.24. The minimum absolute atomic E-state index is 0.165. The van der Waals surface area contributed by atoms with E-state index in [2.05, 4.69) is 38.2 Å². The molecular weight excluding hydrogens is 885 g/mol. The first-order valence-electron chi connectivity index (χ1n) is 27.9. The second-order valence-corrected chi connectivity index (χ2v) is 21.1. The summed E-state index contributed by atoms with van der Waals surface area (Å²) in [6.07, 6.45) is 43.6. The molecule has 1 fully saturated rings. The molecule has 0 aliphatic carbocycles. The van der Waals surface area contributed by atoms with Crippen LogP contribution in [0.5, 0.6) is 0 Å². The standard InChI is InChI=1S/C55H102O12S/c1-3-5-7-9-11-13-15-17-19-21-22-23-24-25-26-28-30-32-34-36-38-40-42-44-51(57)66-48(46-65-55-54(60)53(59)52(58)49(67-55)47-68(61,62)63)45-64-50(56)43-41-39-37-35-33-31-29-27-20-18-16-14-12-10-8-6-4-2/h15,17,21-22,48-49,52-55,58-60H,3-14,16,18-20,23-47H2,1-2H3,(H,61,62,63)/b17-15-,22-21-. The van der Waals surface area contributed by atoms with E-state index in [1.165, 1.54) is 173 Å². The molecule has 1 aliphatic rings. The van der Waals surface area contributed by atoms with Gasteiger partial charge in [-0.15, -0.1) is 0 Å². The van der Waals surface area contributed by atoms with Crippen LogP contribution < -0.4 is 0 Å². The predicted molar refractivity (Wildman–Crippen MR) is 275 cm³/mol. The SMILES string of the molecule is CCCCCCC/C=C\C/C=C\CCCCCCCCCCCCCC(=O)OC(COC(=O)CCCCCCCCCCCCCCCCCCC)COC1OC(CS(=O)(=O)O)C(O)C(O)C1O. The zero-order valence-electron chi connectivity index (χ0n) is 43.2. The van der Waals surface area contributed by atoms with Crippen LogP contribution in [-0.4, -0.2) is 96.0 Å². The number of ether oxygens (including phenoxy) is 4. The van der Waals surface area contributed by atoms with Crippen LogP contribution in [0.25, 0.3) is 0 Å². The number of aliphatic hydroxyl groups excluding tert-OH is 3. The third-order valence-electron chi connectivity index (χ3n) is 13.0. The third kappa shape index (κ3) is 38.8. The highest BCUT2D eigenvalue weighted by molar-refractivity contribution is 7.85. The zero-order valence-corrected chi connectivity index (χ0v) is 44.0. The highest BCUT2D eigenvalue weighted by Gasteiger charge is 2.46. The van der Waals surface area contributed by atoms with Gasteiger partial charge in [-0.25, -0.2) is 0 Å². The summed E-state index contributed by atoms with van der Waals surface area (Å²) in [5.41, 5.74) is 0. The van der Waals surface area contributed by atoms with Gasteiger partial charge in [0, 0.05) is 12.8 Å². The van der Waals surface area contributed by atoms with Crippen LogP contribution in [0.15, 0.2) is 24.3 Å². The van der Waals surface area contributed by atoms with Gasteiger partial charge in [-0.2, -0.15) is 8.42 Å². The summed E-state index contributed by atoms with van der Waals surface area (Å²) in [6, 6.07) is 0. The van der Waals surface area contributed by atoms with Crippen molar-refractivity contribution in [2.45, 2.75) is 295 Å². The Balaban J connectivity index is 2.32. The Morgan fingerprint density at radius 1 is 0.500 bits per heavy atom. The fraction of sp³-hybridized carbons (Fsp3) is 0.891. The van der Waals surface area contributed by atoms with Gasteiger partial charge in [0.1, 0.15) is 36.8 Å². The summed E-state index contributed by atoms with van der Waals surface area (Å²) in [4.78, 5) is 25.6. The van der Waals surface area contributed by atoms with Crippen molar-refractivity contribution in [3.8, 4) is 0 Å². The summed E-state index contributed by atoms with van der Waals surface area (Å²) < 4.78 is 54.3. The smallest absolute Gasteiger partial charge is 0.306 e. The maximum Gasteiger partial charge on any atom is 0.306 e. The fourth-order valence-electron chi connectivity index (χ4n) is 8.71. The number of unbranched alkanes of at least 4 members (excludes halogenated alkanes) is 32. The second kappa shape index (κ2) is 45.0. The Bertz CT molecular complexity index is 1340. The molecule has 1 aliphatic heterocycles. The average molecular weight is 987 g/mol. The van der Waals surface area contributed by atoms with E-state index >= 15 is 0 Å². The number of esters is 2. The Hall–Kier alpha value is -1.87. The molecule has 13 heteroatoms. The van der Waals surface area contributed by atoms with E-state index in [0.29, 0.717) is 12.8 Å². The number of carbonyl (C=O) groups is 2. The largest absolute Gasteiger partial charge is 0.462 e. The Morgan fingerprint density at radius 3 is 1.29 bits per heavy atom. The Labute approximate surface area is 415 Å². The lowest BCUT2D eigenvalue weighted by atomic mass is 10.00. The number of rotatable bonds is 48. The lowest BCUT2D eigenvalue weighted by Gasteiger charge is -2.40. The molecule has 0 amide bonds. The van der Waals surface area contributed by atoms with Crippen molar-refractivity contribution in [2.24, 2.45) is 0 Å². The first-order chi connectivity index (χ1) is 33.0. The van der Waals surface area contributed by atoms with Crippen molar-refractivity contribution in [2.75, 3.05) is 19.0 Å². The summed E-state index contributed by atoms with van der Waals surface area (Å²) in [6.45, 7) is 3.80. The van der Waals surface area contributed by atoms with Gasteiger partial charge in [0.05, 0.1) is 6.61 Å². The third-order valence-corrected chi connectivity index (χ3v) is 13.8. The van der Waals surface area contributed by atoms with Gasteiger partial charge in [0.2, 0.25) is 0 Å². The molecule has 0 bridgehead atoms. The molecule has 0 aromatic carbocycles. The average Bonchev–Trinajstić information content (AvgIpc) is 3.31. The van der Waals surface area contributed by atoms with Crippen molar-refractivity contribution in [1.82, 2.24) is 0 Å². The molecule has 400 valence electrons. The predicted octanol–water partition coefficient (Wildman–Crippen LogP) is 13.1. The van der Waals surface area contributed by atoms with Crippen molar-refractivity contribution in [3.05, 3.63) is 24.3 Å². The maximum atomic E-state index is 12.9. The van der Waals surface area contributed by atoms with Gasteiger partial charge in [-0.3, -0.25) is 14.1 Å². The monoisotopic (exact) mass is 987 g/mol. The lowest BCUT2D eigenvalue weighted by molar-refractivity contribution is -0.297. The van der Waals surface area contributed by atoms with Crippen LogP contribution in [0.3, 0.4) is 0 Å². The maximum absolute atomic E-state index is 12.9. The molecule has 0 spiro atoms. The van der Waals surface area contributed by atoms with E-state index in [-0.39, 0.29) is 19.4 Å². The molecule has 4 N–H and O–H groups in total. The molecular formula is C55H102O12S. The molecule has 0 aromatic rings. The first kappa shape index (κ1) is 64.1. The van der Waals surface area contributed by atoms with Crippen molar-refractivity contribution in [1.29, 1.82) is 0 Å². The number of hydrogen-bond acceptors (Lipinski definition) is 11. The topological polar surface area (TPSA) is 186 Å². The summed E-state index contributed by atoms with van der Waals surface area (Å²) in [5, 5.41) is 31.0. The van der Waals surface area contributed by atoms with Crippen LogP contribution in [0.4, 0.5) is 0 Å². The van der Waals surface area contributed by atoms with E-state index in [4.69, 9.17) is 18.9 Å². The van der Waals surface area contributed by atoms with E-state index in [0.717, 1.165) is 44.9 Å². The zero-order chi connectivity index (χ0) is 49.8. The lowest BCUT2D eigenvalue weighted by Crippen LogP contribution is -2.60. The fourth-order valence-corrected chi connectivity index (χ4v) is 9.40. The molecule has 6 atom stereocenters. The molecule has 0 radical (unpaired) electrons. The van der Waals surface area contributed by atoms with E-state index in [9.17, 15) is 37.9 Å². The minimum atomic E-state index is -4.60. The van der Waals surface area contributed by atoms with Crippen molar-refractivity contribution >= 4 is 22.1 Å². The Morgan fingerprint density at radius 2 is 0.882 bits per heavy atom. The Kier molecular flexibility index (Phi) is 42.5. The number of aliphatic hydroxyl groups is 3. The minimum Gasteiger partial charge on any atom is -0.462 e. The van der Waals surface area contributed by atoms with Crippen molar-refractivity contribution < 1.29 is 56.8 Å². The van der Waals surface area contributed by atoms with Crippen LogP contribution in [-0.2, 0) is 38.7 Å². The summed E-state index contributed by atoms with van der Waals surface area (Å²) in [5.74, 6) is -1.97. The normalized spacial score (nSPS) is 19.3. The van der Waals surface area contributed by atoms with Gasteiger partial charge >= 0.3 is 11.9 Å². The van der Waals surface area contributed by atoms with Gasteiger partial charge in [0.15, 0.2) is 12.4 Å². The van der Waals surface area contributed by atoms with Gasteiger partial charge in [0.25, 0.3) is 10.1 Å². The van der Waals surface area contributed by atoms with Crippen LogP contribution >= 0.6 is 0 Å². The van der Waals surface area contributed by atoms with Crippen LogP contribution in [0, 0.1) is 0 Å². The van der Waals surface area contributed by atoms with Gasteiger partial charge in [-0.05, 0) is 44.9 Å². The van der Waals surface area contributed by atoms with Crippen molar-refractivity contribution in [3.63, 3.8) is 0 Å². The first-order valence-corrected chi connectivity index (χ1v) is 29.5. The highest BCUT2D eigenvalue weighted by atomic mass is 32.2. The molecule has 12 nitrogen and oxygen atoms in total. The van der Waals surface area contributed by atoms with E-state index in [1.807, 2.05) is 0 Å². The van der Waals surface area contributed by atoms with Gasteiger partial charge in [-0.1, -0.05) is 224 Å². The summed E-state index contributed by atoms with van der Waals surface area (Å²) in [7, 11) is -4.60. The van der Waals surface area contributed by atoms with Gasteiger partial charge < -0.3 is 34.3 Å². The van der Waals surface area contributed by atoms with Crippen LogP contribution in [0.2, 0.25) is 0 Å². The quantitative estimate of drug-likeness (QED) is 0.0196. The molecule has 1 saturated heterocycles. The van der Waals surface area contributed by atoms with E-state index in [1.54, 1.807) is 0 Å². The summed E-state index contributed by atoms with van der Waals surface area (Å²) >= 11 is 0. The van der Waals surface area contributed by atoms with E-state index < -0.39 is 71.2 Å². The number of allylic oxidation sites excluding steroid dienone is 4. The number of hydrogen-bond donors (Lipinski definition) is 4. The molecule has 68 heavy (non-hydrogen) atoms. The molecule has 1 rings (SSSR count). The van der Waals surface area contributed by atoms with Crippen LogP contribution in [0.1, 0.15) is 258 Å². The molecule has 6 unspecified atom stereocenters. The second-order valence-electron chi connectivity index (χ2n) is 19.6. The molecule has 1 heterocycles. The number of carbonyl (C=O) groups excluding carboxylic acids is 2. The molecule has 0 aromatic heterocycles.